The molecule has 1 heterocycles. The molecule has 0 amide bonds. The molecule has 0 unspecified atom stereocenters. The Morgan fingerprint density at radius 2 is 1.04 bits per heavy atom. The maximum absolute atomic E-state index is 5.44. The highest BCUT2D eigenvalue weighted by Crippen LogP contribution is 2.38. The number of hydrogen-bond acceptors (Lipinski definition) is 4. The zero-order valence-electron chi connectivity index (χ0n) is 15.1. The van der Waals surface area contributed by atoms with Gasteiger partial charge in [0.25, 0.3) is 0 Å². The molecule has 0 saturated heterocycles. The summed E-state index contributed by atoms with van der Waals surface area (Å²) in [7, 11) is 3.24. The van der Waals surface area contributed by atoms with E-state index in [0.717, 1.165) is 52.6 Å². The van der Waals surface area contributed by atoms with Gasteiger partial charge in [-0.15, -0.1) is 0 Å². The molecule has 0 radical (unpaired) electrons. The van der Waals surface area contributed by atoms with Gasteiger partial charge in [0.05, 0.1) is 36.3 Å². The van der Waals surface area contributed by atoms with Crippen LogP contribution in [0.3, 0.4) is 0 Å². The summed E-state index contributed by atoms with van der Waals surface area (Å²) in [6.45, 7) is 0. The van der Waals surface area contributed by atoms with Crippen LogP contribution in [0.15, 0.2) is 57.5 Å². The van der Waals surface area contributed by atoms with Gasteiger partial charge < -0.3 is 9.47 Å². The number of rotatable bonds is 2. The van der Waals surface area contributed by atoms with Crippen LogP contribution in [0, 0.1) is 0 Å². The van der Waals surface area contributed by atoms with Crippen LogP contribution in [0.2, 0.25) is 0 Å². The van der Waals surface area contributed by atoms with Crippen molar-refractivity contribution in [3.63, 3.8) is 0 Å². The first kappa shape index (κ1) is 17.6. The molecule has 0 N–H and O–H groups in total. The number of methoxy groups -OCH3 is 2. The summed E-state index contributed by atoms with van der Waals surface area (Å²) in [5.74, 6) is 1.27. The highest BCUT2D eigenvalue weighted by molar-refractivity contribution is 9.10. The number of benzene rings is 4. The van der Waals surface area contributed by atoms with E-state index in [-0.39, 0.29) is 0 Å². The lowest BCUT2D eigenvalue weighted by Gasteiger charge is -2.12. The number of hydrogen-bond donors (Lipinski definition) is 0. The Morgan fingerprint density at radius 3 is 1.43 bits per heavy atom. The monoisotopic (exact) mass is 496 g/mol. The highest BCUT2D eigenvalue weighted by Gasteiger charge is 2.15. The van der Waals surface area contributed by atoms with Gasteiger partial charge in [-0.05, 0) is 35.0 Å². The van der Waals surface area contributed by atoms with E-state index < -0.39 is 0 Å². The average molecular weight is 498 g/mol. The van der Waals surface area contributed by atoms with Gasteiger partial charge in [-0.1, -0.05) is 44.0 Å². The van der Waals surface area contributed by atoms with E-state index in [4.69, 9.17) is 19.4 Å². The van der Waals surface area contributed by atoms with Crippen LogP contribution in [-0.2, 0) is 0 Å². The van der Waals surface area contributed by atoms with Crippen LogP contribution >= 0.6 is 31.9 Å². The van der Waals surface area contributed by atoms with Crippen LogP contribution in [0.1, 0.15) is 0 Å². The minimum Gasteiger partial charge on any atom is -0.493 e. The van der Waals surface area contributed by atoms with E-state index in [1.165, 1.54) is 0 Å². The van der Waals surface area contributed by atoms with Gasteiger partial charge in [0.1, 0.15) is 0 Å². The summed E-state index contributed by atoms with van der Waals surface area (Å²) in [4.78, 5) is 9.95. The Balaban J connectivity index is 2.04. The second-order valence-electron chi connectivity index (χ2n) is 6.50. The second kappa shape index (κ2) is 6.57. The molecule has 0 saturated carbocycles. The zero-order chi connectivity index (χ0) is 19.4. The van der Waals surface area contributed by atoms with Crippen LogP contribution in [0.25, 0.3) is 43.6 Å². The molecule has 5 rings (SSSR count). The fourth-order valence-electron chi connectivity index (χ4n) is 3.65. The quantitative estimate of drug-likeness (QED) is 0.203. The fraction of sp³-hybridized carbons (Fsp3) is 0.0909. The van der Waals surface area contributed by atoms with Crippen LogP contribution in [-0.4, -0.2) is 24.2 Å². The third-order valence-electron chi connectivity index (χ3n) is 4.93. The van der Waals surface area contributed by atoms with Gasteiger partial charge >= 0.3 is 0 Å². The number of fused-ring (bicyclic) bond motifs is 7. The maximum atomic E-state index is 5.44. The van der Waals surface area contributed by atoms with Crippen molar-refractivity contribution in [1.29, 1.82) is 0 Å². The summed E-state index contributed by atoms with van der Waals surface area (Å²) in [5, 5.41) is 4.41. The molecule has 28 heavy (non-hydrogen) atoms. The smallest absolute Gasteiger partial charge is 0.163 e. The Morgan fingerprint density at radius 1 is 0.607 bits per heavy atom. The summed E-state index contributed by atoms with van der Waals surface area (Å²) in [6, 6.07) is 16.3. The van der Waals surface area contributed by atoms with Gasteiger partial charge in [0, 0.05) is 31.9 Å². The number of nitrogens with zero attached hydrogens (tertiary/aromatic N) is 2. The average Bonchev–Trinajstić information content (AvgIpc) is 2.71. The molecule has 0 fully saturated rings. The maximum Gasteiger partial charge on any atom is 0.163 e. The molecule has 138 valence electrons. The Bertz CT molecular complexity index is 1310. The van der Waals surface area contributed by atoms with Crippen LogP contribution in [0.5, 0.6) is 11.5 Å². The normalized spacial score (nSPS) is 11.6. The van der Waals surface area contributed by atoms with E-state index in [1.807, 2.05) is 12.1 Å². The SMILES string of the molecule is COc1cc2nc3c4cc(Br)ccc4c4ccc(Br)cc4c3nc2cc1OC. The molecular formula is C22H14Br2N2O2. The van der Waals surface area contributed by atoms with Crippen molar-refractivity contribution in [2.45, 2.75) is 0 Å². The lowest BCUT2D eigenvalue weighted by atomic mass is 9.99. The summed E-state index contributed by atoms with van der Waals surface area (Å²) in [6.07, 6.45) is 0. The standard InChI is InChI=1S/C22H14Br2N2O2/c1-27-19-9-17-18(10-20(19)28-2)26-22-16-8-12(24)4-6-14(16)13-5-3-11(23)7-15(13)21(22)25-17/h3-10H,1-2H3. The first-order chi connectivity index (χ1) is 13.6. The molecular weight excluding hydrogens is 484 g/mol. The Kier molecular flexibility index (Phi) is 4.14. The van der Waals surface area contributed by atoms with Gasteiger partial charge in [-0.2, -0.15) is 0 Å². The predicted octanol–water partition coefficient (Wildman–Crippen LogP) is 6.63. The second-order valence-corrected chi connectivity index (χ2v) is 8.33. The third kappa shape index (κ3) is 2.63. The molecule has 6 heteroatoms. The zero-order valence-corrected chi connectivity index (χ0v) is 18.3. The number of halogens is 2. The minimum absolute atomic E-state index is 0.637. The highest BCUT2D eigenvalue weighted by atomic mass is 79.9. The van der Waals surface area contributed by atoms with Crippen molar-refractivity contribution < 1.29 is 9.47 Å². The van der Waals surface area contributed by atoms with E-state index >= 15 is 0 Å². The number of ether oxygens (including phenoxy) is 2. The molecule has 1 aromatic heterocycles. The van der Waals surface area contributed by atoms with Crippen molar-refractivity contribution >= 4 is 75.5 Å². The molecule has 0 aliphatic rings. The first-order valence-electron chi connectivity index (χ1n) is 8.63. The van der Waals surface area contributed by atoms with E-state index in [9.17, 15) is 0 Å². The lowest BCUT2D eigenvalue weighted by molar-refractivity contribution is 0.355. The summed E-state index contributed by atoms with van der Waals surface area (Å²) >= 11 is 7.19. The van der Waals surface area contributed by atoms with Gasteiger partial charge in [-0.3, -0.25) is 0 Å². The molecule has 4 nitrogen and oxygen atoms in total. The molecule has 0 atom stereocenters. The molecule has 0 bridgehead atoms. The molecule has 0 aliphatic carbocycles. The van der Waals surface area contributed by atoms with Gasteiger partial charge in [0.2, 0.25) is 0 Å². The fourth-order valence-corrected chi connectivity index (χ4v) is 4.38. The summed E-state index contributed by atoms with van der Waals surface area (Å²) < 4.78 is 12.9. The Labute approximate surface area is 177 Å². The van der Waals surface area contributed by atoms with E-state index in [0.29, 0.717) is 11.5 Å². The van der Waals surface area contributed by atoms with Crippen LogP contribution < -0.4 is 9.47 Å². The first-order valence-corrected chi connectivity index (χ1v) is 10.2. The van der Waals surface area contributed by atoms with Crippen molar-refractivity contribution in [3.8, 4) is 11.5 Å². The van der Waals surface area contributed by atoms with Crippen LogP contribution in [0.4, 0.5) is 0 Å². The van der Waals surface area contributed by atoms with E-state index in [2.05, 4.69) is 68.3 Å². The molecule has 4 aromatic carbocycles. The summed E-state index contributed by atoms with van der Waals surface area (Å²) in [5.41, 5.74) is 3.25. The molecule has 0 spiro atoms. The number of aromatic nitrogens is 2. The van der Waals surface area contributed by atoms with Crippen molar-refractivity contribution in [2.24, 2.45) is 0 Å². The van der Waals surface area contributed by atoms with Gasteiger partial charge in [0.15, 0.2) is 11.5 Å². The molecule has 0 aliphatic heterocycles. The largest absolute Gasteiger partial charge is 0.493 e. The van der Waals surface area contributed by atoms with Crippen molar-refractivity contribution in [1.82, 2.24) is 9.97 Å². The predicted molar refractivity (Wildman–Crippen MR) is 121 cm³/mol. The Hall–Kier alpha value is -2.44. The lowest BCUT2D eigenvalue weighted by Crippen LogP contribution is -1.95. The topological polar surface area (TPSA) is 44.2 Å². The molecule has 5 aromatic rings. The van der Waals surface area contributed by atoms with Crippen molar-refractivity contribution in [2.75, 3.05) is 14.2 Å². The van der Waals surface area contributed by atoms with Gasteiger partial charge in [-0.25, -0.2) is 9.97 Å². The minimum atomic E-state index is 0.637. The van der Waals surface area contributed by atoms with Crippen molar-refractivity contribution in [3.05, 3.63) is 57.5 Å². The third-order valence-corrected chi connectivity index (χ3v) is 5.92. The van der Waals surface area contributed by atoms with E-state index in [1.54, 1.807) is 14.2 Å².